The van der Waals surface area contributed by atoms with E-state index >= 15 is 0 Å². The first kappa shape index (κ1) is 34.4. The number of H-pyrrole nitrogens is 1. The summed E-state index contributed by atoms with van der Waals surface area (Å²) < 4.78 is 0. The van der Waals surface area contributed by atoms with Gasteiger partial charge in [-0.25, -0.2) is 0 Å². The SMILES string of the molecule is C1=C(c2ccc3c(c2)-c2cc4c5ccccc5[nH]c4c4cccc(c24)N3)CCC(N(c2ccc(-c3ccccc3)cc2)c2ccc(-c3ccccc3)cc2)=C1.CC. The number of aromatic amines is 1. The minimum Gasteiger partial charge on any atom is -0.354 e. The second-order valence-electron chi connectivity index (χ2n) is 14.6. The highest BCUT2D eigenvalue weighted by Gasteiger charge is 2.23. The minimum absolute atomic E-state index is 0.927. The highest BCUT2D eigenvalue weighted by molar-refractivity contribution is 6.25. The summed E-state index contributed by atoms with van der Waals surface area (Å²) in [7, 11) is 0. The molecule has 2 aliphatic rings. The lowest BCUT2D eigenvalue weighted by Gasteiger charge is -2.30. The molecule has 9 aromatic rings. The number of para-hydroxylation sites is 1. The van der Waals surface area contributed by atoms with Crippen LogP contribution in [0.25, 0.3) is 71.5 Å². The Kier molecular flexibility index (Phi) is 8.76. The maximum atomic E-state index is 3.77. The van der Waals surface area contributed by atoms with E-state index in [-0.39, 0.29) is 0 Å². The highest BCUT2D eigenvalue weighted by atomic mass is 15.1. The molecule has 8 aromatic carbocycles. The lowest BCUT2D eigenvalue weighted by molar-refractivity contribution is 0.930. The number of nitrogens with zero attached hydrogens (tertiary/aromatic N) is 1. The van der Waals surface area contributed by atoms with Crippen molar-refractivity contribution in [2.24, 2.45) is 0 Å². The van der Waals surface area contributed by atoms with Crippen molar-refractivity contribution < 1.29 is 0 Å². The summed E-state index contributed by atoms with van der Waals surface area (Å²) in [5.41, 5.74) is 18.3. The lowest BCUT2D eigenvalue weighted by Crippen LogP contribution is -2.17. The van der Waals surface area contributed by atoms with E-state index in [2.05, 4.69) is 203 Å². The normalized spacial score (nSPS) is 12.9. The number of allylic oxidation sites excluding steroid dienone is 4. The van der Waals surface area contributed by atoms with Crippen LogP contribution >= 0.6 is 0 Å². The van der Waals surface area contributed by atoms with E-state index in [9.17, 15) is 0 Å². The van der Waals surface area contributed by atoms with Gasteiger partial charge < -0.3 is 15.2 Å². The number of rotatable bonds is 6. The fourth-order valence-electron chi connectivity index (χ4n) is 8.73. The first-order valence-electron chi connectivity index (χ1n) is 20.1. The summed E-state index contributed by atoms with van der Waals surface area (Å²) in [6, 6.07) is 63.8. The molecule has 0 unspecified atom stereocenters. The standard InChI is InChI=1S/C52H37N3.C2H6/c1-3-10-34(11-4-1)36-18-25-40(26-19-36)55(41-27-20-37(21-28-41)35-12-5-2-6-13-35)42-29-22-38(23-30-42)39-24-31-49-45(32-39)46-33-47-43-14-7-8-16-48(43)54-52(47)44-15-9-17-50(53-49)51(44)46;1-2/h1-22,24-29,31-33,53-54H,23,30H2;1-2H3. The number of nitrogens with one attached hydrogen (secondary N) is 2. The van der Waals surface area contributed by atoms with Crippen molar-refractivity contribution in [3.05, 3.63) is 199 Å². The number of fused-ring (bicyclic) bond motifs is 6. The van der Waals surface area contributed by atoms with Crippen molar-refractivity contribution in [2.75, 3.05) is 10.2 Å². The molecule has 2 N–H and O–H groups in total. The molecule has 274 valence electrons. The van der Waals surface area contributed by atoms with Crippen LogP contribution in [0.3, 0.4) is 0 Å². The zero-order chi connectivity index (χ0) is 38.3. The summed E-state index contributed by atoms with van der Waals surface area (Å²) in [6.07, 6.45) is 6.55. The Labute approximate surface area is 334 Å². The van der Waals surface area contributed by atoms with Crippen LogP contribution in [-0.4, -0.2) is 4.98 Å². The van der Waals surface area contributed by atoms with E-state index in [4.69, 9.17) is 0 Å². The number of benzene rings is 8. The molecular formula is C54H43N3. The van der Waals surface area contributed by atoms with Gasteiger partial charge in [0.15, 0.2) is 0 Å². The molecule has 1 aromatic heterocycles. The Morgan fingerprint density at radius 1 is 0.439 bits per heavy atom. The van der Waals surface area contributed by atoms with Crippen LogP contribution in [0.15, 0.2) is 194 Å². The second-order valence-corrected chi connectivity index (χ2v) is 14.6. The highest BCUT2D eigenvalue weighted by Crippen LogP contribution is 2.48. The molecule has 0 saturated carbocycles. The molecule has 0 spiro atoms. The van der Waals surface area contributed by atoms with Crippen LogP contribution in [0.1, 0.15) is 32.3 Å². The minimum atomic E-state index is 0.927. The molecule has 0 bridgehead atoms. The van der Waals surface area contributed by atoms with E-state index in [1.807, 2.05) is 13.8 Å². The molecule has 1 aliphatic heterocycles. The fraction of sp³-hybridized carbons (Fsp3) is 0.0741. The van der Waals surface area contributed by atoms with E-state index in [1.165, 1.54) is 82.8 Å². The number of aromatic nitrogens is 1. The third-order valence-corrected chi connectivity index (χ3v) is 11.5. The van der Waals surface area contributed by atoms with Crippen molar-refractivity contribution >= 4 is 60.9 Å². The quantitative estimate of drug-likeness (QED) is 0.178. The Balaban J connectivity index is 0.00000195. The molecule has 0 radical (unpaired) electrons. The Hall–Kier alpha value is -7.10. The molecule has 0 atom stereocenters. The number of hydrogen-bond donors (Lipinski definition) is 2. The van der Waals surface area contributed by atoms with Crippen LogP contribution in [0.5, 0.6) is 0 Å². The van der Waals surface area contributed by atoms with Gasteiger partial charge in [0.05, 0.1) is 5.52 Å². The van der Waals surface area contributed by atoms with Crippen molar-refractivity contribution in [1.82, 2.24) is 4.98 Å². The third-order valence-electron chi connectivity index (χ3n) is 11.5. The molecule has 2 heterocycles. The van der Waals surface area contributed by atoms with E-state index in [0.29, 0.717) is 0 Å². The average Bonchev–Trinajstić information content (AvgIpc) is 3.67. The van der Waals surface area contributed by atoms with Crippen molar-refractivity contribution in [3.8, 4) is 33.4 Å². The van der Waals surface area contributed by atoms with E-state index in [0.717, 1.165) is 35.6 Å². The molecule has 1 aliphatic carbocycles. The Morgan fingerprint density at radius 2 is 1.04 bits per heavy atom. The van der Waals surface area contributed by atoms with Gasteiger partial charge in [-0.05, 0) is 112 Å². The van der Waals surface area contributed by atoms with Crippen molar-refractivity contribution in [1.29, 1.82) is 0 Å². The fourth-order valence-corrected chi connectivity index (χ4v) is 8.73. The summed E-state index contributed by atoms with van der Waals surface area (Å²) in [5.74, 6) is 0. The van der Waals surface area contributed by atoms with Crippen LogP contribution in [-0.2, 0) is 0 Å². The van der Waals surface area contributed by atoms with Crippen molar-refractivity contribution in [3.63, 3.8) is 0 Å². The zero-order valence-electron chi connectivity index (χ0n) is 32.3. The van der Waals surface area contributed by atoms with E-state index in [1.54, 1.807) is 0 Å². The van der Waals surface area contributed by atoms with Gasteiger partial charge in [0, 0.05) is 61.1 Å². The molecule has 0 amide bonds. The molecule has 0 fully saturated rings. The molecule has 57 heavy (non-hydrogen) atoms. The third kappa shape index (κ3) is 6.09. The van der Waals surface area contributed by atoms with Gasteiger partial charge in [-0.1, -0.05) is 141 Å². The van der Waals surface area contributed by atoms with Crippen LogP contribution < -0.4 is 10.2 Å². The van der Waals surface area contributed by atoms with Crippen LogP contribution in [0, 0.1) is 0 Å². The summed E-state index contributed by atoms with van der Waals surface area (Å²) in [5, 5.41) is 8.83. The number of anilines is 4. The van der Waals surface area contributed by atoms with Gasteiger partial charge in [0.25, 0.3) is 0 Å². The molecule has 3 heteroatoms. The molecular weight excluding hydrogens is 691 g/mol. The first-order chi connectivity index (χ1) is 28.2. The topological polar surface area (TPSA) is 31.1 Å². The maximum absolute atomic E-state index is 3.77. The molecule has 0 saturated heterocycles. The van der Waals surface area contributed by atoms with Gasteiger partial charge >= 0.3 is 0 Å². The average molecular weight is 734 g/mol. The summed E-state index contributed by atoms with van der Waals surface area (Å²) in [4.78, 5) is 6.15. The second kappa shape index (κ2) is 14.5. The van der Waals surface area contributed by atoms with Gasteiger partial charge in [-0.15, -0.1) is 0 Å². The van der Waals surface area contributed by atoms with Gasteiger partial charge in [0.2, 0.25) is 0 Å². The van der Waals surface area contributed by atoms with Crippen LogP contribution in [0.2, 0.25) is 0 Å². The Morgan fingerprint density at radius 3 is 1.68 bits per heavy atom. The van der Waals surface area contributed by atoms with Gasteiger partial charge in [0.1, 0.15) is 0 Å². The van der Waals surface area contributed by atoms with Gasteiger partial charge in [-0.3, -0.25) is 0 Å². The van der Waals surface area contributed by atoms with Gasteiger partial charge in [-0.2, -0.15) is 0 Å². The van der Waals surface area contributed by atoms with Crippen LogP contribution in [0.4, 0.5) is 22.7 Å². The predicted octanol–water partition coefficient (Wildman–Crippen LogP) is 15.5. The summed E-state index contributed by atoms with van der Waals surface area (Å²) >= 11 is 0. The number of hydrogen-bond acceptors (Lipinski definition) is 2. The Bertz CT molecular complexity index is 2890. The molecule has 3 nitrogen and oxygen atoms in total. The molecule has 11 rings (SSSR count). The monoisotopic (exact) mass is 733 g/mol. The van der Waals surface area contributed by atoms with E-state index < -0.39 is 0 Å². The largest absolute Gasteiger partial charge is 0.354 e. The lowest BCUT2D eigenvalue weighted by atomic mass is 9.87. The first-order valence-corrected chi connectivity index (χ1v) is 20.1. The predicted molar refractivity (Wildman–Crippen MR) is 245 cm³/mol. The maximum Gasteiger partial charge on any atom is 0.0545 e. The van der Waals surface area contributed by atoms with Crippen molar-refractivity contribution in [2.45, 2.75) is 26.7 Å². The zero-order valence-corrected chi connectivity index (χ0v) is 32.3. The summed E-state index contributed by atoms with van der Waals surface area (Å²) in [6.45, 7) is 4.00. The smallest absolute Gasteiger partial charge is 0.0545 e.